The van der Waals surface area contributed by atoms with E-state index >= 15 is 0 Å². The summed E-state index contributed by atoms with van der Waals surface area (Å²) in [7, 11) is 0. The van der Waals surface area contributed by atoms with Gasteiger partial charge in [-0.2, -0.15) is 0 Å². The largest absolute Gasteiger partial charge is 0.481 e. The highest BCUT2D eigenvalue weighted by Crippen LogP contribution is 2.08. The monoisotopic (exact) mass is 673 g/mol. The standard InChI is InChI=1S/4C8H16O3.2CH4/c4*1-4-7(5-8(9)10)11-6(2)3;;/h4*6-7H,4-5H2,1-3H3,(H,9,10);2*1H4. The molecule has 0 bridgehead atoms. The van der Waals surface area contributed by atoms with Gasteiger partial charge in [-0.15, -0.1) is 0 Å². The summed E-state index contributed by atoms with van der Waals surface area (Å²) in [6.45, 7) is 23.0. The Labute approximate surface area is 280 Å². The summed E-state index contributed by atoms with van der Waals surface area (Å²) in [6, 6.07) is 0. The fourth-order valence-electron chi connectivity index (χ4n) is 3.47. The van der Waals surface area contributed by atoms with Crippen LogP contribution in [0.15, 0.2) is 0 Å². The maximum atomic E-state index is 10.3. The van der Waals surface area contributed by atoms with E-state index in [1.807, 2.05) is 83.1 Å². The number of carbonyl (C=O) groups is 4. The van der Waals surface area contributed by atoms with Crippen molar-refractivity contribution < 1.29 is 58.6 Å². The molecule has 0 aliphatic carbocycles. The minimum atomic E-state index is -0.794. The van der Waals surface area contributed by atoms with E-state index in [9.17, 15) is 19.2 Å². The van der Waals surface area contributed by atoms with Gasteiger partial charge in [-0.25, -0.2) is 0 Å². The van der Waals surface area contributed by atoms with Gasteiger partial charge < -0.3 is 39.4 Å². The molecule has 0 amide bonds. The third-order valence-electron chi connectivity index (χ3n) is 5.29. The van der Waals surface area contributed by atoms with Crippen LogP contribution in [0.4, 0.5) is 0 Å². The van der Waals surface area contributed by atoms with Crippen molar-refractivity contribution in [3.63, 3.8) is 0 Å². The quantitative estimate of drug-likeness (QED) is 0.0980. The first kappa shape index (κ1) is 56.1. The second-order valence-corrected chi connectivity index (χ2v) is 11.3. The molecular formula is C34H72O12. The number of carboxylic acids is 4. The van der Waals surface area contributed by atoms with Crippen LogP contribution < -0.4 is 0 Å². The van der Waals surface area contributed by atoms with Crippen LogP contribution in [-0.2, 0) is 38.1 Å². The van der Waals surface area contributed by atoms with Gasteiger partial charge in [0.15, 0.2) is 0 Å². The van der Waals surface area contributed by atoms with Gasteiger partial charge >= 0.3 is 23.9 Å². The van der Waals surface area contributed by atoms with Gasteiger partial charge in [-0.3, -0.25) is 19.2 Å². The molecule has 0 heterocycles. The highest BCUT2D eigenvalue weighted by atomic mass is 16.5. The Balaban J connectivity index is -0.000000114. The summed E-state index contributed by atoms with van der Waals surface area (Å²) >= 11 is 0. The van der Waals surface area contributed by atoms with E-state index in [0.717, 1.165) is 25.7 Å². The highest BCUT2D eigenvalue weighted by molar-refractivity contribution is 5.68. The smallest absolute Gasteiger partial charge is 0.305 e. The molecule has 0 saturated heterocycles. The Bertz CT molecular complexity index is 603. The molecule has 4 unspecified atom stereocenters. The fraction of sp³-hybridized carbons (Fsp3) is 0.882. The van der Waals surface area contributed by atoms with Gasteiger partial charge in [0.2, 0.25) is 0 Å². The molecule has 0 radical (unpaired) electrons. The van der Waals surface area contributed by atoms with E-state index < -0.39 is 23.9 Å². The van der Waals surface area contributed by atoms with Crippen LogP contribution in [0.5, 0.6) is 0 Å². The van der Waals surface area contributed by atoms with E-state index in [4.69, 9.17) is 39.4 Å². The number of ether oxygens (including phenoxy) is 4. The van der Waals surface area contributed by atoms with E-state index in [0.29, 0.717) is 0 Å². The van der Waals surface area contributed by atoms with Crippen LogP contribution in [0.3, 0.4) is 0 Å². The number of hydrogen-bond donors (Lipinski definition) is 4. The molecule has 0 aliphatic heterocycles. The summed E-state index contributed by atoms with van der Waals surface area (Å²) < 4.78 is 21.3. The van der Waals surface area contributed by atoms with Crippen molar-refractivity contribution in [1.82, 2.24) is 0 Å². The fourth-order valence-corrected chi connectivity index (χ4v) is 3.47. The SMILES string of the molecule is C.C.CCC(CC(=O)O)OC(C)C.CCC(CC(=O)O)OC(C)C.CCC(CC(=O)O)OC(C)C.CCC(CC(=O)O)OC(C)C. The maximum absolute atomic E-state index is 10.3. The summed E-state index contributed by atoms with van der Waals surface area (Å²) in [5.41, 5.74) is 0. The molecule has 0 saturated carbocycles. The topological polar surface area (TPSA) is 186 Å². The number of rotatable bonds is 20. The average Bonchev–Trinajstić information content (AvgIpc) is 2.86. The van der Waals surface area contributed by atoms with Crippen molar-refractivity contribution in [2.45, 2.75) is 198 Å². The van der Waals surface area contributed by atoms with Gasteiger partial charge in [0.25, 0.3) is 0 Å². The summed E-state index contributed by atoms with van der Waals surface area (Å²) in [4.78, 5) is 41.1. The Morgan fingerprint density at radius 1 is 0.391 bits per heavy atom. The predicted octanol–water partition coefficient (Wildman–Crippen LogP) is 7.93. The lowest BCUT2D eigenvalue weighted by molar-refractivity contribution is -0.142. The second-order valence-electron chi connectivity index (χ2n) is 11.3. The molecule has 280 valence electrons. The predicted molar refractivity (Wildman–Crippen MR) is 184 cm³/mol. The van der Waals surface area contributed by atoms with E-state index in [-0.39, 0.29) is 89.4 Å². The van der Waals surface area contributed by atoms with Crippen molar-refractivity contribution in [2.24, 2.45) is 0 Å². The molecule has 0 aromatic heterocycles. The van der Waals surface area contributed by atoms with Crippen LogP contribution in [0, 0.1) is 0 Å². The summed E-state index contributed by atoms with van der Waals surface area (Å²) in [5, 5.41) is 33.8. The molecular weight excluding hydrogens is 600 g/mol. The highest BCUT2D eigenvalue weighted by Gasteiger charge is 2.14. The van der Waals surface area contributed by atoms with Crippen molar-refractivity contribution in [3.8, 4) is 0 Å². The first-order chi connectivity index (χ1) is 20.2. The minimum absolute atomic E-state index is 0. The lowest BCUT2D eigenvalue weighted by Crippen LogP contribution is -2.20. The van der Waals surface area contributed by atoms with Gasteiger partial charge in [0, 0.05) is 0 Å². The van der Waals surface area contributed by atoms with Gasteiger partial charge in [0.05, 0.1) is 74.5 Å². The summed E-state index contributed by atoms with van der Waals surface area (Å²) in [5.74, 6) is -3.18. The molecule has 4 N–H and O–H groups in total. The number of carboxylic acid groups (broad SMARTS) is 4. The third kappa shape index (κ3) is 48.6. The molecule has 0 aliphatic rings. The van der Waals surface area contributed by atoms with Crippen molar-refractivity contribution in [1.29, 1.82) is 0 Å². The zero-order chi connectivity index (χ0) is 35.4. The molecule has 46 heavy (non-hydrogen) atoms. The Morgan fingerprint density at radius 2 is 0.522 bits per heavy atom. The first-order valence-electron chi connectivity index (χ1n) is 15.7. The normalized spacial score (nSPS) is 12.9. The Morgan fingerprint density at radius 3 is 0.587 bits per heavy atom. The zero-order valence-corrected chi connectivity index (χ0v) is 29.3. The summed E-state index contributed by atoms with van der Waals surface area (Å²) in [6.07, 6.45) is 3.36. The molecule has 0 rings (SSSR count). The van der Waals surface area contributed by atoms with Crippen LogP contribution >= 0.6 is 0 Å². The molecule has 0 fully saturated rings. The molecule has 12 nitrogen and oxygen atoms in total. The lowest BCUT2D eigenvalue weighted by Gasteiger charge is -2.16. The molecule has 12 heteroatoms. The lowest BCUT2D eigenvalue weighted by atomic mass is 10.2. The number of aliphatic carboxylic acids is 4. The van der Waals surface area contributed by atoms with Crippen molar-refractivity contribution in [2.75, 3.05) is 0 Å². The molecule has 4 atom stereocenters. The van der Waals surface area contributed by atoms with Gasteiger partial charge in [0.1, 0.15) is 0 Å². The van der Waals surface area contributed by atoms with E-state index in [1.54, 1.807) is 0 Å². The van der Waals surface area contributed by atoms with E-state index in [2.05, 4.69) is 0 Å². The zero-order valence-electron chi connectivity index (χ0n) is 29.3. The number of hydrogen-bond acceptors (Lipinski definition) is 8. The average molecular weight is 673 g/mol. The van der Waals surface area contributed by atoms with Crippen LogP contribution in [0.1, 0.15) is 149 Å². The second kappa shape index (κ2) is 35.6. The van der Waals surface area contributed by atoms with Crippen molar-refractivity contribution in [3.05, 3.63) is 0 Å². The van der Waals surface area contributed by atoms with E-state index in [1.165, 1.54) is 0 Å². The molecule has 0 aromatic carbocycles. The van der Waals surface area contributed by atoms with Crippen LogP contribution in [-0.4, -0.2) is 93.1 Å². The van der Waals surface area contributed by atoms with Crippen LogP contribution in [0.2, 0.25) is 0 Å². The molecule has 0 spiro atoms. The Kier molecular flexibility index (Phi) is 43.4. The third-order valence-corrected chi connectivity index (χ3v) is 5.29. The van der Waals surface area contributed by atoms with Gasteiger partial charge in [-0.05, 0) is 81.1 Å². The molecule has 0 aromatic rings. The maximum Gasteiger partial charge on any atom is 0.305 e. The van der Waals surface area contributed by atoms with Gasteiger partial charge in [-0.1, -0.05) is 42.5 Å². The first-order valence-corrected chi connectivity index (χ1v) is 15.7. The van der Waals surface area contributed by atoms with Crippen LogP contribution in [0.25, 0.3) is 0 Å². The Hall–Kier alpha value is -2.28. The minimum Gasteiger partial charge on any atom is -0.481 e. The van der Waals surface area contributed by atoms with Crippen molar-refractivity contribution >= 4 is 23.9 Å².